The minimum atomic E-state index is -1.03. The number of hydrogen-bond acceptors (Lipinski definition) is 2. The summed E-state index contributed by atoms with van der Waals surface area (Å²) < 4.78 is 0. The number of nitrogens with zero attached hydrogens (tertiary/aromatic N) is 1. The second kappa shape index (κ2) is 5.16. The second-order valence-corrected chi connectivity index (χ2v) is 6.25. The van der Waals surface area contributed by atoms with E-state index in [0.29, 0.717) is 18.8 Å². The molecule has 1 fully saturated rings. The molecule has 2 N–H and O–H groups in total. The third-order valence-electron chi connectivity index (χ3n) is 3.65. The Morgan fingerprint density at radius 3 is 2.11 bits per heavy atom. The molecule has 0 heterocycles. The van der Waals surface area contributed by atoms with Crippen molar-refractivity contribution in [2.24, 2.45) is 11.8 Å². The van der Waals surface area contributed by atoms with Crippen LogP contribution < -0.4 is 0 Å². The zero-order chi connectivity index (χ0) is 14.1. The van der Waals surface area contributed by atoms with Crippen molar-refractivity contribution in [2.45, 2.75) is 58.5 Å². The Morgan fingerprint density at radius 1 is 1.17 bits per heavy atom. The van der Waals surface area contributed by atoms with E-state index in [1.165, 1.54) is 4.90 Å². The van der Waals surface area contributed by atoms with Gasteiger partial charge in [0, 0.05) is 11.6 Å². The molecule has 0 saturated heterocycles. The zero-order valence-corrected chi connectivity index (χ0v) is 11.5. The van der Waals surface area contributed by atoms with Crippen molar-refractivity contribution >= 4 is 12.1 Å². The van der Waals surface area contributed by atoms with Gasteiger partial charge in [-0.2, -0.15) is 0 Å². The lowest BCUT2D eigenvalue weighted by Gasteiger charge is -2.45. The summed E-state index contributed by atoms with van der Waals surface area (Å²) in [5.74, 6) is -1.14. The maximum atomic E-state index is 11.4. The van der Waals surface area contributed by atoms with Crippen LogP contribution in [-0.2, 0) is 4.79 Å². The fourth-order valence-corrected chi connectivity index (χ4v) is 2.87. The summed E-state index contributed by atoms with van der Waals surface area (Å²) in [6.45, 7) is 7.43. The highest BCUT2D eigenvalue weighted by Gasteiger charge is 2.43. The van der Waals surface area contributed by atoms with Crippen molar-refractivity contribution in [3.8, 4) is 0 Å². The monoisotopic (exact) mass is 257 g/mol. The van der Waals surface area contributed by atoms with E-state index in [-0.39, 0.29) is 0 Å². The highest BCUT2D eigenvalue weighted by molar-refractivity contribution is 5.73. The van der Waals surface area contributed by atoms with Gasteiger partial charge in [0.05, 0.1) is 5.92 Å². The third-order valence-corrected chi connectivity index (χ3v) is 3.65. The van der Waals surface area contributed by atoms with Crippen LogP contribution >= 0.6 is 0 Å². The first-order valence-electron chi connectivity index (χ1n) is 6.39. The smallest absolute Gasteiger partial charge is 0.408 e. The highest BCUT2D eigenvalue weighted by atomic mass is 16.4. The third kappa shape index (κ3) is 3.15. The lowest BCUT2D eigenvalue weighted by atomic mass is 9.77. The maximum absolute atomic E-state index is 11.4. The fraction of sp³-hybridized carbons (Fsp3) is 0.846. The van der Waals surface area contributed by atoms with Crippen LogP contribution in [0.2, 0.25) is 0 Å². The normalized spacial score (nSPS) is 28.8. The van der Waals surface area contributed by atoms with E-state index in [9.17, 15) is 19.8 Å². The summed E-state index contributed by atoms with van der Waals surface area (Å²) >= 11 is 0. The topological polar surface area (TPSA) is 77.8 Å². The molecule has 1 amide bonds. The predicted molar refractivity (Wildman–Crippen MR) is 67.5 cm³/mol. The number of hydrogen-bond donors (Lipinski definition) is 2. The van der Waals surface area contributed by atoms with Gasteiger partial charge in [-0.05, 0) is 46.0 Å². The van der Waals surface area contributed by atoms with Crippen molar-refractivity contribution in [3.63, 3.8) is 0 Å². The molecule has 104 valence electrons. The van der Waals surface area contributed by atoms with Crippen molar-refractivity contribution in [1.29, 1.82) is 0 Å². The Labute approximate surface area is 108 Å². The highest BCUT2D eigenvalue weighted by Crippen LogP contribution is 2.35. The first kappa shape index (κ1) is 14.8. The van der Waals surface area contributed by atoms with Gasteiger partial charge in [-0.25, -0.2) is 4.79 Å². The summed E-state index contributed by atoms with van der Waals surface area (Å²) in [6, 6.07) is -0.420. The van der Waals surface area contributed by atoms with Gasteiger partial charge < -0.3 is 10.2 Å². The molecule has 5 nitrogen and oxygen atoms in total. The van der Waals surface area contributed by atoms with Crippen LogP contribution in [0.3, 0.4) is 0 Å². The lowest BCUT2D eigenvalue weighted by Crippen LogP contribution is -2.56. The predicted octanol–water partition coefficient (Wildman–Crippen LogP) is 2.65. The Hall–Kier alpha value is -1.26. The molecule has 3 unspecified atom stereocenters. The summed E-state index contributed by atoms with van der Waals surface area (Å²) in [4.78, 5) is 24.1. The number of carboxylic acid groups (broad SMARTS) is 2. The minimum Gasteiger partial charge on any atom is -0.481 e. The van der Waals surface area contributed by atoms with Crippen molar-refractivity contribution in [3.05, 3.63) is 0 Å². The largest absolute Gasteiger partial charge is 0.481 e. The van der Waals surface area contributed by atoms with E-state index in [1.807, 2.05) is 6.92 Å². The van der Waals surface area contributed by atoms with Gasteiger partial charge in [-0.1, -0.05) is 6.92 Å². The molecule has 18 heavy (non-hydrogen) atoms. The van der Waals surface area contributed by atoms with Gasteiger partial charge in [0.2, 0.25) is 0 Å². The first-order valence-corrected chi connectivity index (χ1v) is 6.39. The number of amides is 1. The molecule has 0 aromatic rings. The van der Waals surface area contributed by atoms with E-state index in [1.54, 1.807) is 20.8 Å². The molecule has 1 aliphatic rings. The molecule has 0 aromatic carbocycles. The Balaban J connectivity index is 3.02. The van der Waals surface area contributed by atoms with Crippen LogP contribution in [0.4, 0.5) is 4.79 Å². The molecule has 0 radical (unpaired) electrons. The van der Waals surface area contributed by atoms with Gasteiger partial charge in [0.25, 0.3) is 0 Å². The number of carbonyl (C=O) groups is 2. The van der Waals surface area contributed by atoms with Gasteiger partial charge >= 0.3 is 12.1 Å². The quantitative estimate of drug-likeness (QED) is 0.797. The van der Waals surface area contributed by atoms with E-state index in [0.717, 1.165) is 6.42 Å². The van der Waals surface area contributed by atoms with Crippen LogP contribution in [0.25, 0.3) is 0 Å². The molecule has 3 atom stereocenters. The van der Waals surface area contributed by atoms with Gasteiger partial charge in [0.1, 0.15) is 0 Å². The molecule has 1 rings (SSSR count). The van der Waals surface area contributed by atoms with Crippen molar-refractivity contribution in [1.82, 2.24) is 4.90 Å². The van der Waals surface area contributed by atoms with Crippen molar-refractivity contribution in [2.75, 3.05) is 0 Å². The lowest BCUT2D eigenvalue weighted by molar-refractivity contribution is -0.146. The van der Waals surface area contributed by atoms with Crippen LogP contribution in [0.15, 0.2) is 0 Å². The molecule has 0 spiro atoms. The van der Waals surface area contributed by atoms with Crippen molar-refractivity contribution < 1.29 is 19.8 Å². The standard InChI is InChI=1S/C13H23NO4/c1-8-5-6-10(9(7-8)11(15)16)14(12(17)18)13(2,3)4/h8-10H,5-7H2,1-4H3,(H,15,16)(H,17,18). The van der Waals surface area contributed by atoms with E-state index >= 15 is 0 Å². The maximum Gasteiger partial charge on any atom is 0.408 e. The molecule has 0 aromatic heterocycles. The molecular weight excluding hydrogens is 234 g/mol. The summed E-state index contributed by atoms with van der Waals surface area (Å²) in [5.41, 5.74) is -0.579. The molecule has 0 bridgehead atoms. The zero-order valence-electron chi connectivity index (χ0n) is 11.5. The van der Waals surface area contributed by atoms with E-state index in [2.05, 4.69) is 0 Å². The molecule has 1 saturated carbocycles. The van der Waals surface area contributed by atoms with Crippen LogP contribution in [-0.4, -0.2) is 38.8 Å². The molecular formula is C13H23NO4. The Kier molecular flexibility index (Phi) is 4.24. The Morgan fingerprint density at radius 2 is 1.72 bits per heavy atom. The molecule has 1 aliphatic carbocycles. The summed E-state index contributed by atoms with van der Waals surface area (Å²) in [6.07, 6.45) is 1.03. The molecule has 5 heteroatoms. The van der Waals surface area contributed by atoms with Gasteiger partial charge in [-0.3, -0.25) is 9.69 Å². The van der Waals surface area contributed by atoms with E-state index < -0.39 is 29.6 Å². The van der Waals surface area contributed by atoms with Crippen LogP contribution in [0.5, 0.6) is 0 Å². The average Bonchev–Trinajstić information content (AvgIpc) is 2.17. The average molecular weight is 257 g/mol. The number of carboxylic acids is 1. The first-order chi connectivity index (χ1) is 8.14. The second-order valence-electron chi connectivity index (χ2n) is 6.25. The SMILES string of the molecule is CC1CCC(N(C(=O)O)C(C)(C)C)C(C(=O)O)C1. The van der Waals surface area contributed by atoms with Gasteiger partial charge in [-0.15, -0.1) is 0 Å². The Bertz CT molecular complexity index is 334. The number of aliphatic carboxylic acids is 1. The van der Waals surface area contributed by atoms with Gasteiger partial charge in [0.15, 0.2) is 0 Å². The fourth-order valence-electron chi connectivity index (χ4n) is 2.87. The number of rotatable bonds is 2. The molecule has 0 aliphatic heterocycles. The summed E-state index contributed by atoms with van der Waals surface area (Å²) in [7, 11) is 0. The van der Waals surface area contributed by atoms with E-state index in [4.69, 9.17) is 0 Å². The minimum absolute atomic E-state index is 0.345. The van der Waals surface area contributed by atoms with Crippen LogP contribution in [0.1, 0.15) is 47.0 Å². The van der Waals surface area contributed by atoms with Crippen LogP contribution in [0, 0.1) is 11.8 Å². The summed E-state index contributed by atoms with van der Waals surface area (Å²) in [5, 5.41) is 18.7.